The summed E-state index contributed by atoms with van der Waals surface area (Å²) in [5.41, 5.74) is -0.515. The largest absolute Gasteiger partial charge is 0.480 e. The first-order valence-corrected chi connectivity index (χ1v) is 5.85. The molecule has 20 heavy (non-hydrogen) atoms. The molecule has 0 spiro atoms. The van der Waals surface area contributed by atoms with Gasteiger partial charge in [0.25, 0.3) is 5.69 Å². The van der Waals surface area contributed by atoms with E-state index in [1.54, 1.807) is 26.8 Å². The minimum absolute atomic E-state index is 0.0528. The molecule has 1 aromatic carbocycles. The van der Waals surface area contributed by atoms with E-state index in [1.807, 2.05) is 0 Å². The lowest BCUT2D eigenvalue weighted by molar-refractivity contribution is -0.385. The Morgan fingerprint density at radius 2 is 2.10 bits per heavy atom. The summed E-state index contributed by atoms with van der Waals surface area (Å²) in [5.74, 6) is -1.04. The van der Waals surface area contributed by atoms with Gasteiger partial charge >= 0.3 is 5.97 Å². The highest BCUT2D eigenvalue weighted by molar-refractivity contribution is 5.75. The number of nitro groups is 1. The van der Waals surface area contributed by atoms with Crippen molar-refractivity contribution in [1.29, 1.82) is 5.26 Å². The maximum Gasteiger partial charge on any atom is 0.323 e. The summed E-state index contributed by atoms with van der Waals surface area (Å²) in [5, 5.41) is 28.7. The standard InChI is InChI=1S/C13H15N3O4/c1-13(2,3)15(8-12(17)18)10-5-4-9(7-14)11(6-10)16(19)20/h4-6H,8H2,1-3H3,(H,17,18). The fourth-order valence-corrected chi connectivity index (χ4v) is 1.78. The van der Waals surface area contributed by atoms with Gasteiger partial charge in [-0.15, -0.1) is 0 Å². The van der Waals surface area contributed by atoms with Crippen LogP contribution in [-0.4, -0.2) is 28.1 Å². The summed E-state index contributed by atoms with van der Waals surface area (Å²) in [4.78, 5) is 22.8. The number of hydrogen-bond donors (Lipinski definition) is 1. The molecular formula is C13H15N3O4. The van der Waals surface area contributed by atoms with Crippen molar-refractivity contribution >= 4 is 17.3 Å². The van der Waals surface area contributed by atoms with Crippen LogP contribution < -0.4 is 4.90 Å². The smallest absolute Gasteiger partial charge is 0.323 e. The van der Waals surface area contributed by atoms with Crippen molar-refractivity contribution in [3.05, 3.63) is 33.9 Å². The Labute approximate surface area is 116 Å². The Morgan fingerprint density at radius 3 is 2.50 bits per heavy atom. The first kappa shape index (κ1) is 15.4. The molecule has 1 N–H and O–H groups in total. The van der Waals surface area contributed by atoms with Crippen LogP contribution in [-0.2, 0) is 4.79 Å². The lowest BCUT2D eigenvalue weighted by Gasteiger charge is -2.36. The van der Waals surface area contributed by atoms with Crippen molar-refractivity contribution in [1.82, 2.24) is 0 Å². The Morgan fingerprint density at radius 1 is 1.50 bits per heavy atom. The van der Waals surface area contributed by atoms with Gasteiger partial charge in [0.05, 0.1) is 4.92 Å². The number of nitrogens with zero attached hydrogens (tertiary/aromatic N) is 3. The van der Waals surface area contributed by atoms with Crippen LogP contribution in [0.2, 0.25) is 0 Å². The third kappa shape index (κ3) is 3.45. The normalized spacial score (nSPS) is 10.7. The second-order valence-corrected chi connectivity index (χ2v) is 5.22. The van der Waals surface area contributed by atoms with Crippen LogP contribution in [0.25, 0.3) is 0 Å². The van der Waals surface area contributed by atoms with Gasteiger partial charge in [-0.3, -0.25) is 14.9 Å². The zero-order valence-electron chi connectivity index (χ0n) is 11.5. The summed E-state index contributed by atoms with van der Waals surface area (Å²) >= 11 is 0. The number of nitro benzene ring substituents is 1. The zero-order chi connectivity index (χ0) is 15.5. The Kier molecular flexibility index (Phi) is 4.30. The van der Waals surface area contributed by atoms with E-state index in [0.717, 1.165) is 0 Å². The maximum atomic E-state index is 10.9. The number of nitriles is 1. The third-order valence-corrected chi connectivity index (χ3v) is 2.71. The summed E-state index contributed by atoms with van der Waals surface area (Å²) < 4.78 is 0. The molecule has 0 amide bonds. The van der Waals surface area contributed by atoms with E-state index < -0.39 is 16.4 Å². The molecule has 0 aliphatic heterocycles. The number of hydrogen-bond acceptors (Lipinski definition) is 5. The number of anilines is 1. The van der Waals surface area contributed by atoms with Crippen molar-refractivity contribution in [2.75, 3.05) is 11.4 Å². The maximum absolute atomic E-state index is 10.9. The van der Waals surface area contributed by atoms with E-state index in [-0.39, 0.29) is 17.8 Å². The molecular weight excluding hydrogens is 262 g/mol. The molecule has 7 nitrogen and oxygen atoms in total. The van der Waals surface area contributed by atoms with E-state index in [1.165, 1.54) is 23.1 Å². The summed E-state index contributed by atoms with van der Waals surface area (Å²) in [6.07, 6.45) is 0. The van der Waals surface area contributed by atoms with Crippen molar-refractivity contribution in [2.45, 2.75) is 26.3 Å². The predicted molar refractivity (Wildman–Crippen MR) is 72.5 cm³/mol. The fraction of sp³-hybridized carbons (Fsp3) is 0.385. The molecule has 0 aliphatic rings. The number of aliphatic carboxylic acids is 1. The van der Waals surface area contributed by atoms with E-state index in [9.17, 15) is 14.9 Å². The van der Waals surface area contributed by atoms with E-state index in [4.69, 9.17) is 10.4 Å². The van der Waals surface area contributed by atoms with E-state index >= 15 is 0 Å². The molecule has 0 aliphatic carbocycles. The third-order valence-electron chi connectivity index (χ3n) is 2.71. The molecule has 0 radical (unpaired) electrons. The van der Waals surface area contributed by atoms with Gasteiger partial charge in [0.15, 0.2) is 0 Å². The van der Waals surface area contributed by atoms with Crippen molar-refractivity contribution < 1.29 is 14.8 Å². The molecule has 0 saturated carbocycles. The highest BCUT2D eigenvalue weighted by Crippen LogP contribution is 2.29. The summed E-state index contributed by atoms with van der Waals surface area (Å²) in [6, 6.07) is 5.82. The van der Waals surface area contributed by atoms with Crippen LogP contribution in [0.1, 0.15) is 26.3 Å². The Balaban J connectivity index is 3.36. The molecule has 0 unspecified atom stereocenters. The Hall–Kier alpha value is -2.62. The van der Waals surface area contributed by atoms with Crippen molar-refractivity contribution in [3.63, 3.8) is 0 Å². The van der Waals surface area contributed by atoms with Gasteiger partial charge in [-0.1, -0.05) is 0 Å². The number of carboxylic acids is 1. The zero-order valence-corrected chi connectivity index (χ0v) is 11.5. The first-order valence-electron chi connectivity index (χ1n) is 5.85. The van der Waals surface area contributed by atoms with Crippen LogP contribution >= 0.6 is 0 Å². The SMILES string of the molecule is CC(C)(C)N(CC(=O)O)c1ccc(C#N)c([N+](=O)[O-])c1. The van der Waals surface area contributed by atoms with Crippen LogP contribution in [0.3, 0.4) is 0 Å². The Bertz CT molecular complexity index is 584. The molecule has 1 rings (SSSR count). The summed E-state index contributed by atoms with van der Waals surface area (Å²) in [7, 11) is 0. The number of carboxylic acid groups (broad SMARTS) is 1. The lowest BCUT2D eigenvalue weighted by Crippen LogP contribution is -2.44. The van der Waals surface area contributed by atoms with Gasteiger partial charge in [0.2, 0.25) is 0 Å². The molecule has 0 aromatic heterocycles. The highest BCUT2D eigenvalue weighted by atomic mass is 16.6. The summed E-state index contributed by atoms with van der Waals surface area (Å²) in [6.45, 7) is 5.13. The van der Waals surface area contributed by atoms with Crippen LogP contribution in [0.5, 0.6) is 0 Å². The molecule has 0 atom stereocenters. The fourth-order valence-electron chi connectivity index (χ4n) is 1.78. The number of carbonyl (C=O) groups is 1. The molecule has 7 heteroatoms. The van der Waals surface area contributed by atoms with Gasteiger partial charge in [-0.2, -0.15) is 5.26 Å². The number of rotatable bonds is 4. The van der Waals surface area contributed by atoms with Gasteiger partial charge in [-0.25, -0.2) is 0 Å². The van der Waals surface area contributed by atoms with Crippen molar-refractivity contribution in [3.8, 4) is 6.07 Å². The van der Waals surface area contributed by atoms with Crippen LogP contribution in [0, 0.1) is 21.4 Å². The minimum Gasteiger partial charge on any atom is -0.480 e. The molecule has 0 heterocycles. The van der Waals surface area contributed by atoms with Gasteiger partial charge in [0, 0.05) is 17.3 Å². The molecule has 0 fully saturated rings. The van der Waals surface area contributed by atoms with Gasteiger partial charge in [0.1, 0.15) is 18.2 Å². The monoisotopic (exact) mass is 277 g/mol. The average Bonchev–Trinajstić information content (AvgIpc) is 2.33. The van der Waals surface area contributed by atoms with Gasteiger partial charge in [-0.05, 0) is 32.9 Å². The quantitative estimate of drug-likeness (QED) is 0.667. The van der Waals surface area contributed by atoms with E-state index in [2.05, 4.69) is 0 Å². The predicted octanol–water partition coefficient (Wildman–Crippen LogP) is 2.16. The first-order chi connectivity index (χ1) is 9.16. The van der Waals surface area contributed by atoms with E-state index in [0.29, 0.717) is 5.69 Å². The van der Waals surface area contributed by atoms with Crippen LogP contribution in [0.15, 0.2) is 18.2 Å². The molecule has 106 valence electrons. The molecule has 0 saturated heterocycles. The lowest BCUT2D eigenvalue weighted by atomic mass is 10.0. The topological polar surface area (TPSA) is 107 Å². The van der Waals surface area contributed by atoms with Gasteiger partial charge < -0.3 is 10.0 Å². The second-order valence-electron chi connectivity index (χ2n) is 5.22. The molecule has 1 aromatic rings. The molecule has 0 bridgehead atoms. The van der Waals surface area contributed by atoms with Crippen LogP contribution in [0.4, 0.5) is 11.4 Å². The second kappa shape index (κ2) is 5.57. The number of benzene rings is 1. The average molecular weight is 277 g/mol. The highest BCUT2D eigenvalue weighted by Gasteiger charge is 2.26. The minimum atomic E-state index is -1.04. The van der Waals surface area contributed by atoms with Crippen molar-refractivity contribution in [2.24, 2.45) is 0 Å².